The van der Waals surface area contributed by atoms with Crippen molar-refractivity contribution in [3.8, 4) is 22.4 Å². The number of alkyl carbamates (subject to hydrolysis) is 1. The van der Waals surface area contributed by atoms with Gasteiger partial charge in [0, 0.05) is 42.9 Å². The van der Waals surface area contributed by atoms with E-state index in [9.17, 15) is 18.8 Å². The minimum Gasteiger partial charge on any atom is -0.444 e. The Kier molecular flexibility index (Phi) is 10.1. The fourth-order valence-electron chi connectivity index (χ4n) is 6.47. The van der Waals surface area contributed by atoms with Crippen molar-refractivity contribution in [2.75, 3.05) is 5.32 Å². The van der Waals surface area contributed by atoms with Crippen LogP contribution in [0, 0.1) is 5.92 Å². The predicted molar refractivity (Wildman–Crippen MR) is 178 cm³/mol. The lowest BCUT2D eigenvalue weighted by Gasteiger charge is -2.45. The van der Waals surface area contributed by atoms with E-state index in [2.05, 4.69) is 16.0 Å². The molecule has 5 rings (SSSR count). The van der Waals surface area contributed by atoms with Crippen molar-refractivity contribution in [3.05, 3.63) is 72.4 Å². The molecule has 0 radical (unpaired) electrons. The average molecular weight is 629 g/mol. The van der Waals surface area contributed by atoms with Crippen LogP contribution in [0.4, 0.5) is 14.9 Å². The second-order valence-electron chi connectivity index (χ2n) is 13.7. The van der Waals surface area contributed by atoms with Gasteiger partial charge in [0.1, 0.15) is 11.8 Å². The summed E-state index contributed by atoms with van der Waals surface area (Å²) in [7, 11) is 0. The van der Waals surface area contributed by atoms with Crippen molar-refractivity contribution in [1.29, 1.82) is 0 Å². The number of nitrogens with zero attached hydrogens (tertiary/aromatic N) is 1. The first kappa shape index (κ1) is 33.1. The van der Waals surface area contributed by atoms with E-state index >= 15 is 0 Å². The minimum absolute atomic E-state index is 0.0478. The summed E-state index contributed by atoms with van der Waals surface area (Å²) in [5.41, 5.74) is 3.37. The van der Waals surface area contributed by atoms with Gasteiger partial charge in [-0.25, -0.2) is 9.18 Å². The van der Waals surface area contributed by atoms with Crippen LogP contribution in [-0.4, -0.2) is 40.7 Å². The fourth-order valence-corrected chi connectivity index (χ4v) is 6.47. The number of carbonyl (C=O) groups is 3. The van der Waals surface area contributed by atoms with E-state index < -0.39 is 23.4 Å². The summed E-state index contributed by atoms with van der Waals surface area (Å²) < 4.78 is 19.6. The van der Waals surface area contributed by atoms with Gasteiger partial charge in [-0.1, -0.05) is 61.5 Å². The third-order valence-corrected chi connectivity index (χ3v) is 8.85. The summed E-state index contributed by atoms with van der Waals surface area (Å²) in [5, 5.41) is 9.05. The Morgan fingerprint density at radius 1 is 0.935 bits per heavy atom. The van der Waals surface area contributed by atoms with Gasteiger partial charge in [0.05, 0.1) is 23.1 Å². The molecule has 0 aliphatic heterocycles. The molecule has 1 aromatic heterocycles. The highest BCUT2D eigenvalue weighted by Gasteiger charge is 2.48. The topological polar surface area (TPSA) is 109 Å². The van der Waals surface area contributed by atoms with Crippen LogP contribution in [-0.2, 0) is 19.9 Å². The molecule has 244 valence electrons. The Bertz CT molecular complexity index is 1520. The monoisotopic (exact) mass is 628 g/mol. The molecule has 46 heavy (non-hydrogen) atoms. The summed E-state index contributed by atoms with van der Waals surface area (Å²) in [4.78, 5) is 42.2. The largest absolute Gasteiger partial charge is 0.444 e. The summed E-state index contributed by atoms with van der Waals surface area (Å²) in [6.07, 6.45) is 5.00. The molecule has 3 amide bonds. The molecule has 0 atom stereocenters. The van der Waals surface area contributed by atoms with Crippen molar-refractivity contribution < 1.29 is 23.5 Å². The Morgan fingerprint density at radius 3 is 2.22 bits per heavy atom. The highest BCUT2D eigenvalue weighted by Crippen LogP contribution is 2.44. The van der Waals surface area contributed by atoms with Gasteiger partial charge in [-0.15, -0.1) is 0 Å². The van der Waals surface area contributed by atoms with Crippen molar-refractivity contribution in [2.24, 2.45) is 5.92 Å². The molecule has 0 unspecified atom stereocenters. The van der Waals surface area contributed by atoms with Crippen LogP contribution >= 0.6 is 0 Å². The highest BCUT2D eigenvalue weighted by atomic mass is 19.1. The average Bonchev–Trinajstić information content (AvgIpc) is 3.00. The Morgan fingerprint density at radius 2 is 1.61 bits per heavy atom. The minimum atomic E-state index is -0.993. The molecular formula is C37H45FN4O4. The molecule has 3 N–H and O–H groups in total. The molecule has 2 saturated carbocycles. The molecule has 0 spiro atoms. The van der Waals surface area contributed by atoms with Crippen molar-refractivity contribution in [2.45, 2.75) is 102 Å². The van der Waals surface area contributed by atoms with Crippen LogP contribution in [0.2, 0.25) is 0 Å². The number of hydrogen-bond acceptors (Lipinski definition) is 5. The van der Waals surface area contributed by atoms with Gasteiger partial charge in [-0.3, -0.25) is 14.6 Å². The van der Waals surface area contributed by atoms with Crippen LogP contribution in [0.15, 0.2) is 66.9 Å². The van der Waals surface area contributed by atoms with Gasteiger partial charge in [0.2, 0.25) is 11.8 Å². The van der Waals surface area contributed by atoms with E-state index in [4.69, 9.17) is 9.72 Å². The zero-order valence-electron chi connectivity index (χ0n) is 27.2. The summed E-state index contributed by atoms with van der Waals surface area (Å²) >= 11 is 0. The highest BCUT2D eigenvalue weighted by molar-refractivity contribution is 5.93. The Hall–Kier alpha value is -4.27. The third kappa shape index (κ3) is 8.30. The number of halogens is 1. The summed E-state index contributed by atoms with van der Waals surface area (Å²) in [6, 6.07) is 19.7. The number of ether oxygens (including phenoxy) is 1. The second kappa shape index (κ2) is 14.0. The Labute approximate surface area is 270 Å². The number of rotatable bonds is 9. The Balaban J connectivity index is 1.31. The van der Waals surface area contributed by atoms with Crippen LogP contribution in [0.3, 0.4) is 0 Å². The van der Waals surface area contributed by atoms with Crippen LogP contribution in [0.5, 0.6) is 0 Å². The molecule has 2 aliphatic rings. The van der Waals surface area contributed by atoms with Gasteiger partial charge in [-0.2, -0.15) is 0 Å². The zero-order valence-corrected chi connectivity index (χ0v) is 27.2. The van der Waals surface area contributed by atoms with E-state index in [1.54, 1.807) is 27.0 Å². The maximum Gasteiger partial charge on any atom is 0.408 e. The molecule has 2 aliphatic carbocycles. The number of anilines is 1. The van der Waals surface area contributed by atoms with E-state index in [1.807, 2.05) is 67.6 Å². The first-order chi connectivity index (χ1) is 21.9. The molecule has 3 aromatic rings. The number of amides is 3. The lowest BCUT2D eigenvalue weighted by Crippen LogP contribution is -2.56. The first-order valence-corrected chi connectivity index (χ1v) is 16.3. The van der Waals surface area contributed by atoms with E-state index in [1.165, 1.54) is 0 Å². The van der Waals surface area contributed by atoms with Gasteiger partial charge in [0.25, 0.3) is 0 Å². The van der Waals surface area contributed by atoms with Crippen molar-refractivity contribution in [1.82, 2.24) is 15.6 Å². The van der Waals surface area contributed by atoms with Crippen LogP contribution in [0.1, 0.15) is 84.6 Å². The van der Waals surface area contributed by atoms with Gasteiger partial charge < -0.3 is 20.7 Å². The maximum absolute atomic E-state index is 14.2. The molecule has 0 bridgehead atoms. The molecular weight excluding hydrogens is 583 g/mol. The van der Waals surface area contributed by atoms with Crippen molar-refractivity contribution in [3.63, 3.8) is 0 Å². The third-order valence-electron chi connectivity index (χ3n) is 8.85. The smallest absolute Gasteiger partial charge is 0.408 e. The molecule has 8 nitrogen and oxygen atoms in total. The molecule has 9 heteroatoms. The standard InChI is InChI=1S/C37H45FN4O4/c1-5-32(43)40-29-17-11-24(12-18-29)19-33(44)41-30-20-31(25-9-7-6-8-10-25)34(39-23-30)26-13-15-27(16-14-26)37(21-28(38)22-37)42-35(45)46-36(2,3)4/h6-10,13-16,20,23-24,28-29H,5,11-12,17-19,21-22H2,1-4H3,(H,40,43)(H,41,44)(H,42,45). The van der Waals surface area contributed by atoms with Gasteiger partial charge >= 0.3 is 6.09 Å². The molecule has 0 saturated heterocycles. The normalized spacial score (nSPS) is 22.7. The number of pyridine rings is 1. The SMILES string of the molecule is CCC(=O)NC1CCC(CC(=O)Nc2cnc(-c3ccc(C4(NC(=O)OC(C)(C)C)CC(F)C4)cc3)c(-c3ccccc3)c2)CC1. The lowest BCUT2D eigenvalue weighted by molar-refractivity contribution is -0.122. The lowest BCUT2D eigenvalue weighted by atomic mass is 9.70. The quantitative estimate of drug-likeness (QED) is 0.225. The van der Waals surface area contributed by atoms with E-state index in [-0.39, 0.29) is 36.6 Å². The molecule has 2 aromatic carbocycles. The van der Waals surface area contributed by atoms with E-state index in [0.717, 1.165) is 53.6 Å². The summed E-state index contributed by atoms with van der Waals surface area (Å²) in [5.74, 6) is 0.314. The number of benzene rings is 2. The fraction of sp³-hybridized carbons (Fsp3) is 0.459. The van der Waals surface area contributed by atoms with Gasteiger partial charge in [-0.05, 0) is 69.6 Å². The van der Waals surface area contributed by atoms with Crippen LogP contribution in [0.25, 0.3) is 22.4 Å². The predicted octanol–water partition coefficient (Wildman–Crippen LogP) is 7.68. The number of hydrogen-bond donors (Lipinski definition) is 3. The number of alkyl halides is 1. The number of nitrogens with one attached hydrogen (secondary N) is 3. The van der Waals surface area contributed by atoms with Crippen LogP contribution < -0.4 is 16.0 Å². The van der Waals surface area contributed by atoms with Crippen molar-refractivity contribution >= 4 is 23.6 Å². The zero-order chi connectivity index (χ0) is 32.9. The number of carbonyl (C=O) groups excluding carboxylic acids is 3. The summed E-state index contributed by atoms with van der Waals surface area (Å²) in [6.45, 7) is 7.24. The molecule has 2 fully saturated rings. The second-order valence-corrected chi connectivity index (χ2v) is 13.7. The molecule has 1 heterocycles. The van der Waals surface area contributed by atoms with E-state index in [0.29, 0.717) is 18.5 Å². The first-order valence-electron chi connectivity index (χ1n) is 16.3. The van der Waals surface area contributed by atoms with Gasteiger partial charge in [0.15, 0.2) is 0 Å². The maximum atomic E-state index is 14.2. The number of aromatic nitrogens is 1.